The fourth-order valence-corrected chi connectivity index (χ4v) is 3.87. The molecule has 0 radical (unpaired) electrons. The van der Waals surface area contributed by atoms with Crippen molar-refractivity contribution < 1.29 is 58.3 Å². The minimum Gasteiger partial charge on any atom is -0.345 e. The van der Waals surface area contributed by atoms with Crippen molar-refractivity contribution in [2.75, 3.05) is 13.1 Å². The summed E-state index contributed by atoms with van der Waals surface area (Å²) in [5.41, 5.74) is -4.17. The topological polar surface area (TPSA) is 92.3 Å². The van der Waals surface area contributed by atoms with Gasteiger partial charge in [0.2, 0.25) is 5.91 Å². The van der Waals surface area contributed by atoms with Gasteiger partial charge in [-0.2, -0.15) is 31.8 Å². The first-order chi connectivity index (χ1) is 18.4. The van der Waals surface area contributed by atoms with E-state index in [0.717, 1.165) is 0 Å². The molecule has 1 fully saturated rings. The van der Waals surface area contributed by atoms with Gasteiger partial charge in [0.05, 0.1) is 23.8 Å². The second kappa shape index (κ2) is 11.6. The van der Waals surface area contributed by atoms with E-state index in [4.69, 9.17) is 4.84 Å². The minimum atomic E-state index is -5.14. The summed E-state index contributed by atoms with van der Waals surface area (Å²) in [5.74, 6) is -1.94. The lowest BCUT2D eigenvalue weighted by Gasteiger charge is -2.26. The number of hydrogen-bond acceptors (Lipinski definition) is 5. The van der Waals surface area contributed by atoms with Gasteiger partial charge < -0.3 is 10.6 Å². The van der Waals surface area contributed by atoms with Crippen LogP contribution in [0.5, 0.6) is 0 Å². The third-order valence-electron chi connectivity index (χ3n) is 5.87. The van der Waals surface area contributed by atoms with E-state index in [0.29, 0.717) is 0 Å². The number of nitrogens with zero attached hydrogens (tertiary/aromatic N) is 1. The number of amides is 2. The lowest BCUT2D eigenvalue weighted by molar-refractivity contribution is -0.152. The number of carbonyl (C=O) groups is 2. The van der Waals surface area contributed by atoms with Gasteiger partial charge >= 0.3 is 12.4 Å². The molecule has 3 N–H and O–H groups in total. The zero-order valence-electron chi connectivity index (χ0n) is 20.2. The van der Waals surface area contributed by atoms with Crippen LogP contribution in [0, 0.1) is 6.92 Å². The summed E-state index contributed by atoms with van der Waals surface area (Å²) in [6.45, 7) is -0.942. The first-order valence-corrected chi connectivity index (χ1v) is 11.2. The Morgan fingerprint density at radius 2 is 1.75 bits per heavy atom. The summed E-state index contributed by atoms with van der Waals surface area (Å²) in [6.07, 6.45) is -17.5. The normalized spacial score (nSPS) is 19.8. The van der Waals surface area contributed by atoms with Gasteiger partial charge in [0, 0.05) is 12.0 Å². The summed E-state index contributed by atoms with van der Waals surface area (Å²) >= 11 is 0. The molecule has 2 amide bonds. The van der Waals surface area contributed by atoms with Crippen LogP contribution in [0.3, 0.4) is 0 Å². The van der Waals surface area contributed by atoms with E-state index in [2.05, 4.69) is 15.8 Å². The van der Waals surface area contributed by atoms with Crippen LogP contribution in [0.15, 0.2) is 30.3 Å². The minimum absolute atomic E-state index is 0.0208. The van der Waals surface area contributed by atoms with Crippen LogP contribution < -0.4 is 16.1 Å². The standard InChI is InChI=1S/C23H20F10N4O3/c1-10-4-11(2-3-13(10)19(39)34-8-17(38)35-9-22(28,29)30)15-7-21(20(26)27,40-37-15)16-6-12(23(31,32)33)5-14(36-16)18(24)25/h2-6,15,18,20,37H,7-9H2,1H3,(H,34,39)(H,35,38). The Hall–Kier alpha value is -3.47. The summed E-state index contributed by atoms with van der Waals surface area (Å²) in [6, 6.07) is 2.99. The van der Waals surface area contributed by atoms with E-state index < -0.39 is 85.1 Å². The van der Waals surface area contributed by atoms with Crippen LogP contribution in [-0.4, -0.2) is 42.5 Å². The van der Waals surface area contributed by atoms with Gasteiger partial charge in [0.15, 0.2) is 5.60 Å². The van der Waals surface area contributed by atoms with Crippen LogP contribution in [0.2, 0.25) is 0 Å². The summed E-state index contributed by atoms with van der Waals surface area (Å²) in [5, 5.41) is 3.70. The number of nitrogens with one attached hydrogen (secondary N) is 3. The molecule has 2 atom stereocenters. The maximum Gasteiger partial charge on any atom is 0.416 e. The van der Waals surface area contributed by atoms with Crippen molar-refractivity contribution in [1.82, 2.24) is 21.1 Å². The van der Waals surface area contributed by atoms with E-state index in [1.165, 1.54) is 25.1 Å². The number of rotatable bonds is 8. The molecule has 3 rings (SSSR count). The van der Waals surface area contributed by atoms with Gasteiger partial charge in [-0.1, -0.05) is 12.1 Å². The lowest BCUT2D eigenvalue weighted by Crippen LogP contribution is -2.41. The molecule has 1 aromatic heterocycles. The average Bonchev–Trinajstić information content (AvgIpc) is 3.32. The number of benzene rings is 1. The second-order valence-electron chi connectivity index (χ2n) is 8.78. The number of alkyl halides is 10. The Balaban J connectivity index is 1.80. The quantitative estimate of drug-likeness (QED) is 0.382. The van der Waals surface area contributed by atoms with Crippen LogP contribution in [0.25, 0.3) is 0 Å². The third kappa shape index (κ3) is 7.18. The van der Waals surface area contributed by atoms with Crippen molar-refractivity contribution in [2.45, 2.75) is 50.2 Å². The highest BCUT2D eigenvalue weighted by molar-refractivity contribution is 5.97. The molecule has 40 heavy (non-hydrogen) atoms. The first-order valence-electron chi connectivity index (χ1n) is 11.2. The van der Waals surface area contributed by atoms with Crippen molar-refractivity contribution in [3.63, 3.8) is 0 Å². The van der Waals surface area contributed by atoms with Crippen LogP contribution >= 0.6 is 0 Å². The van der Waals surface area contributed by atoms with Gasteiger partial charge in [0.25, 0.3) is 18.8 Å². The zero-order chi connectivity index (χ0) is 30.0. The van der Waals surface area contributed by atoms with Gasteiger partial charge in [-0.3, -0.25) is 14.4 Å². The van der Waals surface area contributed by atoms with Crippen molar-refractivity contribution in [2.24, 2.45) is 0 Å². The maximum atomic E-state index is 14.2. The molecule has 1 aliphatic rings. The Bertz CT molecular complexity index is 1250. The number of halogens is 10. The molecular weight excluding hydrogens is 570 g/mol. The molecular formula is C23H20F10N4O3. The van der Waals surface area contributed by atoms with E-state index in [-0.39, 0.29) is 28.8 Å². The molecule has 7 nitrogen and oxygen atoms in total. The van der Waals surface area contributed by atoms with E-state index in [9.17, 15) is 53.5 Å². The van der Waals surface area contributed by atoms with Gasteiger partial charge in [-0.15, -0.1) is 0 Å². The highest BCUT2D eigenvalue weighted by Crippen LogP contribution is 2.46. The monoisotopic (exact) mass is 590 g/mol. The summed E-state index contributed by atoms with van der Waals surface area (Å²) in [7, 11) is 0. The molecule has 2 aromatic rings. The molecule has 220 valence electrons. The fourth-order valence-electron chi connectivity index (χ4n) is 3.87. The Morgan fingerprint density at radius 3 is 2.30 bits per heavy atom. The third-order valence-corrected chi connectivity index (χ3v) is 5.87. The number of pyridine rings is 1. The average molecular weight is 590 g/mol. The number of hydroxylamine groups is 1. The molecule has 2 heterocycles. The van der Waals surface area contributed by atoms with Crippen molar-refractivity contribution >= 4 is 11.8 Å². The maximum absolute atomic E-state index is 14.2. The predicted molar refractivity (Wildman–Crippen MR) is 116 cm³/mol. The molecule has 17 heteroatoms. The Morgan fingerprint density at radius 1 is 1.07 bits per heavy atom. The first kappa shape index (κ1) is 31.1. The van der Waals surface area contributed by atoms with Crippen LogP contribution in [0.1, 0.15) is 57.3 Å². The summed E-state index contributed by atoms with van der Waals surface area (Å²) < 4.78 is 131. The zero-order valence-corrected chi connectivity index (χ0v) is 20.2. The number of aryl methyl sites for hydroxylation is 1. The molecule has 2 unspecified atom stereocenters. The predicted octanol–water partition coefficient (Wildman–Crippen LogP) is 4.88. The largest absolute Gasteiger partial charge is 0.416 e. The number of aromatic nitrogens is 1. The number of carbonyl (C=O) groups excluding carboxylic acids is 2. The smallest absolute Gasteiger partial charge is 0.345 e. The molecule has 1 saturated heterocycles. The second-order valence-corrected chi connectivity index (χ2v) is 8.78. The van der Waals surface area contributed by atoms with Gasteiger partial charge in [0.1, 0.15) is 12.2 Å². The van der Waals surface area contributed by atoms with Crippen LogP contribution in [0.4, 0.5) is 43.9 Å². The van der Waals surface area contributed by atoms with E-state index in [1.54, 1.807) is 5.32 Å². The van der Waals surface area contributed by atoms with Gasteiger partial charge in [-0.05, 0) is 36.2 Å². The van der Waals surface area contributed by atoms with E-state index >= 15 is 0 Å². The van der Waals surface area contributed by atoms with E-state index in [1.807, 2.05) is 0 Å². The Labute approximate surface area is 219 Å². The van der Waals surface area contributed by atoms with Gasteiger partial charge in [-0.25, -0.2) is 22.5 Å². The van der Waals surface area contributed by atoms with Crippen molar-refractivity contribution in [1.29, 1.82) is 0 Å². The molecule has 1 aromatic carbocycles. The molecule has 0 aliphatic carbocycles. The number of hydrogen-bond donors (Lipinski definition) is 3. The van der Waals surface area contributed by atoms with Crippen LogP contribution in [-0.2, 0) is 21.4 Å². The SMILES string of the molecule is Cc1cc(C2CC(c3cc(C(F)(F)F)cc(C(F)F)n3)(C(F)F)ON2)ccc1C(=O)NCC(=O)NCC(F)(F)F. The molecule has 0 saturated carbocycles. The van der Waals surface area contributed by atoms with Crippen molar-refractivity contribution in [3.05, 3.63) is 64.0 Å². The lowest BCUT2D eigenvalue weighted by atomic mass is 9.88. The highest BCUT2D eigenvalue weighted by Gasteiger charge is 2.53. The molecule has 0 bridgehead atoms. The molecule has 0 spiro atoms. The highest BCUT2D eigenvalue weighted by atomic mass is 19.4. The fraction of sp³-hybridized carbons (Fsp3) is 0.435. The Kier molecular flexibility index (Phi) is 8.98. The van der Waals surface area contributed by atoms with Crippen molar-refractivity contribution in [3.8, 4) is 0 Å². The molecule has 1 aliphatic heterocycles. The summed E-state index contributed by atoms with van der Waals surface area (Å²) in [4.78, 5) is 32.2.